The van der Waals surface area contributed by atoms with Gasteiger partial charge >= 0.3 is 0 Å². The van der Waals surface area contributed by atoms with Crippen LogP contribution in [0, 0.1) is 0 Å². The molecule has 0 N–H and O–H groups in total. The van der Waals surface area contributed by atoms with Gasteiger partial charge < -0.3 is 0 Å². The van der Waals surface area contributed by atoms with Gasteiger partial charge in [-0.25, -0.2) is 4.31 Å². The van der Waals surface area contributed by atoms with Crippen LogP contribution in [0.4, 0.5) is 0 Å². The molecule has 27 heavy (non-hydrogen) atoms. The number of amides is 2. The van der Waals surface area contributed by atoms with Gasteiger partial charge in [0.15, 0.2) is 0 Å². The molecule has 0 fully saturated rings. The second-order valence-corrected chi connectivity index (χ2v) is 7.25. The summed E-state index contributed by atoms with van der Waals surface area (Å²) in [6.07, 6.45) is 0. The van der Waals surface area contributed by atoms with Crippen LogP contribution in [0.1, 0.15) is 31.8 Å². The fourth-order valence-corrected chi connectivity index (χ4v) is 4.19. The van der Waals surface area contributed by atoms with Crippen molar-refractivity contribution in [2.75, 3.05) is 0 Å². The van der Waals surface area contributed by atoms with Gasteiger partial charge in [-0.15, -0.1) is 0 Å². The Morgan fingerprint density at radius 1 is 0.667 bits per heavy atom. The average Bonchev–Trinajstić information content (AvgIpc) is 2.97. The molecule has 1 aliphatic heterocycles. The molecule has 0 saturated carbocycles. The average molecular weight is 392 g/mol. The topological polar surface area (TPSA) is 37.4 Å². The first-order valence-electron chi connectivity index (χ1n) is 8.33. The van der Waals surface area contributed by atoms with Crippen LogP contribution in [0.5, 0.6) is 0 Å². The molecule has 0 spiro atoms. The number of hydrogen-bond donors (Lipinski definition) is 0. The first-order chi connectivity index (χ1) is 13.2. The van der Waals surface area contributed by atoms with Gasteiger partial charge in [0.2, 0.25) is 0 Å². The van der Waals surface area contributed by atoms with E-state index in [-0.39, 0.29) is 11.8 Å². The Bertz CT molecular complexity index is 1010. The zero-order valence-corrected chi connectivity index (χ0v) is 15.7. The molecule has 2 amide bonds. The number of benzene rings is 3. The van der Waals surface area contributed by atoms with Crippen molar-refractivity contribution in [3.05, 3.63) is 107 Å². The maximum Gasteiger partial charge on any atom is 0.272 e. The van der Waals surface area contributed by atoms with Gasteiger partial charge in [-0.2, -0.15) is 0 Å². The zero-order valence-electron chi connectivity index (χ0n) is 14.1. The van der Waals surface area contributed by atoms with Gasteiger partial charge in [0.1, 0.15) is 0 Å². The SMILES string of the molecule is O=C1c2ccccc2C(=O)N1S/C(=C(/Cl)c1ccccc1)c1ccccc1. The van der Waals surface area contributed by atoms with Crippen LogP contribution in [0.3, 0.4) is 0 Å². The molecule has 0 bridgehead atoms. The lowest BCUT2D eigenvalue weighted by atomic mass is 10.1. The highest BCUT2D eigenvalue weighted by molar-refractivity contribution is 8.07. The standard InChI is InChI=1S/C22H14ClNO2S/c23-19(15-9-3-1-4-10-15)20(16-11-5-2-6-12-16)27-24-21(25)17-13-7-8-14-18(17)22(24)26/h1-14H/b20-19+. The molecule has 0 radical (unpaired) electrons. The summed E-state index contributed by atoms with van der Waals surface area (Å²) in [5.74, 6) is -0.655. The van der Waals surface area contributed by atoms with Gasteiger partial charge in [-0.3, -0.25) is 9.59 Å². The molecule has 0 aromatic heterocycles. The Morgan fingerprint density at radius 2 is 1.11 bits per heavy atom. The van der Waals surface area contributed by atoms with E-state index in [1.165, 1.54) is 4.31 Å². The van der Waals surface area contributed by atoms with Crippen LogP contribution >= 0.6 is 23.5 Å². The van der Waals surface area contributed by atoms with Crippen molar-refractivity contribution in [1.82, 2.24) is 4.31 Å². The minimum absolute atomic E-state index is 0.327. The van der Waals surface area contributed by atoms with E-state index in [4.69, 9.17) is 11.6 Å². The van der Waals surface area contributed by atoms with E-state index in [2.05, 4.69) is 0 Å². The fourth-order valence-electron chi connectivity index (χ4n) is 2.87. The van der Waals surface area contributed by atoms with Crippen molar-refractivity contribution in [3.63, 3.8) is 0 Å². The molecular weight excluding hydrogens is 378 g/mol. The molecule has 0 atom stereocenters. The third-order valence-corrected chi connectivity index (χ3v) is 5.86. The summed E-state index contributed by atoms with van der Waals surface area (Å²) in [6, 6.07) is 25.9. The van der Waals surface area contributed by atoms with Crippen molar-refractivity contribution in [1.29, 1.82) is 0 Å². The summed E-state index contributed by atoms with van der Waals surface area (Å²) in [5.41, 5.74) is 2.49. The monoisotopic (exact) mass is 391 g/mol. The Balaban J connectivity index is 1.78. The summed E-state index contributed by atoms with van der Waals surface area (Å²) in [6.45, 7) is 0. The van der Waals surface area contributed by atoms with Crippen molar-refractivity contribution in [2.24, 2.45) is 0 Å². The van der Waals surface area contributed by atoms with Gasteiger partial charge in [-0.1, -0.05) is 84.4 Å². The molecule has 3 nitrogen and oxygen atoms in total. The number of halogens is 1. The number of nitrogens with zero attached hydrogens (tertiary/aromatic N) is 1. The molecule has 0 saturated heterocycles. The number of carbonyl (C=O) groups is 2. The summed E-state index contributed by atoms with van der Waals surface area (Å²) < 4.78 is 1.18. The molecule has 5 heteroatoms. The van der Waals surface area contributed by atoms with Crippen molar-refractivity contribution < 1.29 is 9.59 Å². The second kappa shape index (κ2) is 7.43. The Kier molecular flexibility index (Phi) is 4.84. The fraction of sp³-hybridized carbons (Fsp3) is 0. The molecule has 3 aromatic carbocycles. The normalized spacial score (nSPS) is 14.2. The van der Waals surface area contributed by atoms with Crippen LogP contribution in [-0.2, 0) is 0 Å². The third-order valence-electron chi connectivity index (χ3n) is 4.20. The maximum atomic E-state index is 12.8. The molecule has 3 aromatic rings. The van der Waals surface area contributed by atoms with E-state index in [1.54, 1.807) is 24.3 Å². The minimum atomic E-state index is -0.327. The highest BCUT2D eigenvalue weighted by Gasteiger charge is 2.37. The molecule has 132 valence electrons. The number of hydrogen-bond acceptors (Lipinski definition) is 3. The van der Waals surface area contributed by atoms with Crippen LogP contribution in [-0.4, -0.2) is 16.1 Å². The maximum absolute atomic E-state index is 12.8. The Hall–Kier alpha value is -2.82. The predicted octanol–water partition coefficient (Wildman–Crippen LogP) is 5.70. The Labute approximate surface area is 166 Å². The first-order valence-corrected chi connectivity index (χ1v) is 9.48. The van der Waals surface area contributed by atoms with Crippen LogP contribution in [0.25, 0.3) is 9.94 Å². The Morgan fingerprint density at radius 3 is 1.63 bits per heavy atom. The summed E-state index contributed by atoms with van der Waals surface area (Å²) in [5, 5.41) is 0.489. The lowest BCUT2D eigenvalue weighted by Gasteiger charge is -2.17. The van der Waals surface area contributed by atoms with Crippen molar-refractivity contribution in [2.45, 2.75) is 0 Å². The van der Waals surface area contributed by atoms with E-state index in [0.717, 1.165) is 23.1 Å². The number of rotatable bonds is 4. The lowest BCUT2D eigenvalue weighted by molar-refractivity contribution is 0.0778. The van der Waals surface area contributed by atoms with Gasteiger partial charge in [0.25, 0.3) is 11.8 Å². The zero-order chi connectivity index (χ0) is 18.8. The van der Waals surface area contributed by atoms with Crippen molar-refractivity contribution in [3.8, 4) is 0 Å². The minimum Gasteiger partial charge on any atom is -0.268 e. The van der Waals surface area contributed by atoms with Crippen molar-refractivity contribution >= 4 is 45.3 Å². The van der Waals surface area contributed by atoms with Gasteiger partial charge in [-0.05, 0) is 23.3 Å². The van der Waals surface area contributed by atoms with Gasteiger partial charge in [0.05, 0.1) is 21.1 Å². The molecule has 1 aliphatic rings. The first kappa shape index (κ1) is 17.6. The van der Waals surface area contributed by atoms with E-state index in [9.17, 15) is 9.59 Å². The predicted molar refractivity (Wildman–Crippen MR) is 110 cm³/mol. The highest BCUT2D eigenvalue weighted by Crippen LogP contribution is 2.42. The smallest absolute Gasteiger partial charge is 0.268 e. The molecule has 1 heterocycles. The number of imide groups is 1. The van der Waals surface area contributed by atoms with Crippen LogP contribution < -0.4 is 0 Å². The van der Waals surface area contributed by atoms with E-state index in [0.29, 0.717) is 21.1 Å². The number of fused-ring (bicyclic) bond motifs is 1. The van der Waals surface area contributed by atoms with Gasteiger partial charge in [0, 0.05) is 11.9 Å². The molecule has 0 unspecified atom stereocenters. The molecule has 4 rings (SSSR count). The third kappa shape index (κ3) is 3.29. The second-order valence-electron chi connectivity index (χ2n) is 5.92. The lowest BCUT2D eigenvalue weighted by Crippen LogP contribution is -2.22. The summed E-state index contributed by atoms with van der Waals surface area (Å²) in [7, 11) is 0. The summed E-state index contributed by atoms with van der Waals surface area (Å²) in [4.78, 5) is 26.2. The number of carbonyl (C=O) groups excluding carboxylic acids is 2. The van der Waals surface area contributed by atoms with E-state index >= 15 is 0 Å². The summed E-state index contributed by atoms with van der Waals surface area (Å²) >= 11 is 7.76. The van der Waals surface area contributed by atoms with Crippen LogP contribution in [0.2, 0.25) is 0 Å². The molecular formula is C22H14ClNO2S. The van der Waals surface area contributed by atoms with E-state index < -0.39 is 0 Å². The largest absolute Gasteiger partial charge is 0.272 e. The highest BCUT2D eigenvalue weighted by atomic mass is 35.5. The van der Waals surface area contributed by atoms with E-state index in [1.807, 2.05) is 60.7 Å². The van der Waals surface area contributed by atoms with Crippen LogP contribution in [0.15, 0.2) is 84.9 Å². The molecule has 0 aliphatic carbocycles. The quantitative estimate of drug-likeness (QED) is 0.325.